The summed E-state index contributed by atoms with van der Waals surface area (Å²) in [7, 11) is 1.52. The van der Waals surface area contributed by atoms with Crippen molar-refractivity contribution in [3.63, 3.8) is 0 Å². The van der Waals surface area contributed by atoms with E-state index in [4.69, 9.17) is 22.1 Å². The molecule has 7 heteroatoms. The van der Waals surface area contributed by atoms with Crippen molar-refractivity contribution < 1.29 is 9.53 Å². The molecule has 3 rings (SSSR count). The van der Waals surface area contributed by atoms with Gasteiger partial charge >= 0.3 is 0 Å². The number of likely N-dealkylation sites (tertiary alicyclic amines) is 1. The van der Waals surface area contributed by atoms with Crippen LogP contribution in [0.2, 0.25) is 5.02 Å². The SMILES string of the molecule is CCn1cc(C2CCN(C(=O)c3cc(Cl)c(N)cc3OC)CC2)cn1. The van der Waals surface area contributed by atoms with E-state index in [0.717, 1.165) is 19.4 Å². The Morgan fingerprint density at radius 1 is 1.40 bits per heavy atom. The number of amides is 1. The molecule has 0 spiro atoms. The first kappa shape index (κ1) is 17.6. The molecular weight excluding hydrogens is 340 g/mol. The molecule has 25 heavy (non-hydrogen) atoms. The summed E-state index contributed by atoms with van der Waals surface area (Å²) in [4.78, 5) is 14.7. The summed E-state index contributed by atoms with van der Waals surface area (Å²) in [5, 5.41) is 4.71. The number of nitrogen functional groups attached to an aromatic ring is 1. The van der Waals surface area contributed by atoms with Crippen molar-refractivity contribution in [1.82, 2.24) is 14.7 Å². The molecule has 0 radical (unpaired) electrons. The minimum atomic E-state index is -0.0681. The summed E-state index contributed by atoms with van der Waals surface area (Å²) in [6.45, 7) is 4.34. The lowest BCUT2D eigenvalue weighted by molar-refractivity contribution is 0.0709. The van der Waals surface area contributed by atoms with Crippen molar-refractivity contribution in [2.75, 3.05) is 25.9 Å². The van der Waals surface area contributed by atoms with Crippen LogP contribution in [0, 0.1) is 0 Å². The largest absolute Gasteiger partial charge is 0.496 e. The summed E-state index contributed by atoms with van der Waals surface area (Å²) < 4.78 is 7.24. The molecule has 0 atom stereocenters. The van der Waals surface area contributed by atoms with Crippen molar-refractivity contribution in [1.29, 1.82) is 0 Å². The number of ether oxygens (including phenoxy) is 1. The van der Waals surface area contributed by atoms with E-state index in [1.54, 1.807) is 12.1 Å². The second kappa shape index (κ2) is 7.35. The number of methoxy groups -OCH3 is 1. The fourth-order valence-electron chi connectivity index (χ4n) is 3.25. The number of piperidine rings is 1. The number of hydrogen-bond donors (Lipinski definition) is 1. The van der Waals surface area contributed by atoms with Crippen LogP contribution in [-0.4, -0.2) is 40.8 Å². The zero-order chi connectivity index (χ0) is 18.0. The summed E-state index contributed by atoms with van der Waals surface area (Å²) in [5.74, 6) is 0.834. The number of nitrogens with zero attached hydrogens (tertiary/aromatic N) is 3. The molecule has 1 aromatic heterocycles. The van der Waals surface area contributed by atoms with Crippen LogP contribution in [0.4, 0.5) is 5.69 Å². The molecule has 0 saturated carbocycles. The average molecular weight is 363 g/mol. The van der Waals surface area contributed by atoms with Gasteiger partial charge in [-0.25, -0.2) is 0 Å². The fourth-order valence-corrected chi connectivity index (χ4v) is 3.42. The highest BCUT2D eigenvalue weighted by atomic mass is 35.5. The normalized spacial score (nSPS) is 15.4. The van der Waals surface area contributed by atoms with Crippen LogP contribution < -0.4 is 10.5 Å². The molecule has 0 unspecified atom stereocenters. The smallest absolute Gasteiger partial charge is 0.257 e. The number of rotatable bonds is 4. The molecular formula is C18H23ClN4O2. The topological polar surface area (TPSA) is 73.4 Å². The van der Waals surface area contributed by atoms with Crippen molar-refractivity contribution in [2.24, 2.45) is 0 Å². The Bertz CT molecular complexity index is 766. The first-order valence-corrected chi connectivity index (χ1v) is 8.86. The first-order chi connectivity index (χ1) is 12.0. The lowest BCUT2D eigenvalue weighted by Crippen LogP contribution is -2.38. The third-order valence-electron chi connectivity index (χ3n) is 4.78. The maximum absolute atomic E-state index is 12.9. The maximum Gasteiger partial charge on any atom is 0.257 e. The Hall–Kier alpha value is -2.21. The lowest BCUT2D eigenvalue weighted by atomic mass is 9.91. The van der Waals surface area contributed by atoms with Gasteiger partial charge < -0.3 is 15.4 Å². The molecule has 0 aliphatic carbocycles. The van der Waals surface area contributed by atoms with Crippen molar-refractivity contribution in [3.8, 4) is 5.75 Å². The van der Waals surface area contributed by atoms with E-state index < -0.39 is 0 Å². The number of aromatic nitrogens is 2. The van der Waals surface area contributed by atoms with Gasteiger partial charge in [0.2, 0.25) is 0 Å². The fraction of sp³-hybridized carbons (Fsp3) is 0.444. The van der Waals surface area contributed by atoms with E-state index in [1.807, 2.05) is 15.8 Å². The monoisotopic (exact) mass is 362 g/mol. The standard InChI is InChI=1S/C18H23ClN4O2/c1-3-23-11-13(10-21-23)12-4-6-22(7-5-12)18(24)14-8-15(19)16(20)9-17(14)25-2/h8-12H,3-7,20H2,1-2H3. The number of anilines is 1. The van der Waals surface area contributed by atoms with Crippen molar-refractivity contribution in [2.45, 2.75) is 32.2 Å². The van der Waals surface area contributed by atoms with Gasteiger partial charge in [0.05, 0.1) is 29.6 Å². The van der Waals surface area contributed by atoms with Crippen LogP contribution in [0.5, 0.6) is 5.75 Å². The van der Waals surface area contributed by atoms with E-state index >= 15 is 0 Å². The van der Waals surface area contributed by atoms with Gasteiger partial charge in [-0.15, -0.1) is 0 Å². The van der Waals surface area contributed by atoms with Crippen molar-refractivity contribution >= 4 is 23.2 Å². The average Bonchev–Trinajstić information content (AvgIpc) is 3.12. The first-order valence-electron chi connectivity index (χ1n) is 8.48. The summed E-state index contributed by atoms with van der Waals surface area (Å²) in [6, 6.07) is 3.19. The molecule has 1 saturated heterocycles. The van der Waals surface area contributed by atoms with Gasteiger partial charge in [-0.2, -0.15) is 5.10 Å². The van der Waals surface area contributed by atoms with Gasteiger partial charge in [0.1, 0.15) is 5.75 Å². The minimum absolute atomic E-state index is 0.0681. The summed E-state index contributed by atoms with van der Waals surface area (Å²) in [6.07, 6.45) is 5.89. The van der Waals surface area contributed by atoms with E-state index in [1.165, 1.54) is 12.7 Å². The number of carbonyl (C=O) groups is 1. The van der Waals surface area contributed by atoms with Crippen LogP contribution >= 0.6 is 11.6 Å². The molecule has 134 valence electrons. The predicted octanol–water partition coefficient (Wildman–Crippen LogP) is 3.17. The van der Waals surface area contributed by atoms with Crippen LogP contribution in [0.25, 0.3) is 0 Å². The quantitative estimate of drug-likeness (QED) is 0.848. The van der Waals surface area contributed by atoms with Gasteiger partial charge in [-0.05, 0) is 37.3 Å². The highest BCUT2D eigenvalue weighted by Gasteiger charge is 2.27. The molecule has 2 N–H and O–H groups in total. The molecule has 0 bridgehead atoms. The van der Waals surface area contributed by atoms with E-state index in [0.29, 0.717) is 41.0 Å². The van der Waals surface area contributed by atoms with E-state index in [2.05, 4.69) is 18.2 Å². The highest BCUT2D eigenvalue weighted by molar-refractivity contribution is 6.33. The number of nitrogens with two attached hydrogens (primary N) is 1. The molecule has 1 aliphatic heterocycles. The molecule has 2 heterocycles. The summed E-state index contributed by atoms with van der Waals surface area (Å²) in [5.41, 5.74) is 7.91. The zero-order valence-electron chi connectivity index (χ0n) is 14.5. The van der Waals surface area contributed by atoms with Gasteiger partial charge in [0, 0.05) is 31.9 Å². The van der Waals surface area contributed by atoms with Crippen LogP contribution in [0.1, 0.15) is 41.6 Å². The van der Waals surface area contributed by atoms with Crippen LogP contribution in [0.3, 0.4) is 0 Å². The second-order valence-electron chi connectivity index (χ2n) is 6.27. The Morgan fingerprint density at radius 2 is 2.12 bits per heavy atom. The zero-order valence-corrected chi connectivity index (χ0v) is 15.3. The van der Waals surface area contributed by atoms with Gasteiger partial charge in [-0.3, -0.25) is 9.48 Å². The molecule has 1 aliphatic rings. The molecule has 1 amide bonds. The molecule has 6 nitrogen and oxygen atoms in total. The van der Waals surface area contributed by atoms with E-state index in [9.17, 15) is 4.79 Å². The van der Waals surface area contributed by atoms with Gasteiger partial charge in [0.15, 0.2) is 0 Å². The Labute approximate surface area is 152 Å². The molecule has 1 fully saturated rings. The highest BCUT2D eigenvalue weighted by Crippen LogP contribution is 2.32. The lowest BCUT2D eigenvalue weighted by Gasteiger charge is -2.32. The number of carbonyl (C=O) groups excluding carboxylic acids is 1. The number of aryl methyl sites for hydroxylation is 1. The molecule has 2 aromatic rings. The third-order valence-corrected chi connectivity index (χ3v) is 5.11. The van der Waals surface area contributed by atoms with Crippen LogP contribution in [0.15, 0.2) is 24.5 Å². The van der Waals surface area contributed by atoms with Crippen LogP contribution in [-0.2, 0) is 6.54 Å². The van der Waals surface area contributed by atoms with Crippen molar-refractivity contribution in [3.05, 3.63) is 40.7 Å². The Morgan fingerprint density at radius 3 is 2.72 bits per heavy atom. The van der Waals surface area contributed by atoms with Gasteiger partial charge in [0.25, 0.3) is 5.91 Å². The second-order valence-corrected chi connectivity index (χ2v) is 6.68. The Kier molecular flexibility index (Phi) is 5.18. The number of hydrogen-bond acceptors (Lipinski definition) is 4. The van der Waals surface area contributed by atoms with E-state index in [-0.39, 0.29) is 5.91 Å². The minimum Gasteiger partial charge on any atom is -0.496 e. The molecule has 1 aromatic carbocycles. The third kappa shape index (κ3) is 3.58. The maximum atomic E-state index is 12.9. The predicted molar refractivity (Wildman–Crippen MR) is 98.2 cm³/mol. The Balaban J connectivity index is 1.70. The van der Waals surface area contributed by atoms with Gasteiger partial charge in [-0.1, -0.05) is 11.6 Å². The number of benzene rings is 1. The summed E-state index contributed by atoms with van der Waals surface area (Å²) >= 11 is 6.08. The number of halogens is 1.